The van der Waals surface area contributed by atoms with Crippen molar-refractivity contribution in [3.63, 3.8) is 0 Å². The van der Waals surface area contributed by atoms with E-state index in [2.05, 4.69) is 27.8 Å². The van der Waals surface area contributed by atoms with Crippen molar-refractivity contribution >= 4 is 17.4 Å². The van der Waals surface area contributed by atoms with Crippen molar-refractivity contribution in [3.8, 4) is 0 Å². The van der Waals surface area contributed by atoms with Gasteiger partial charge in [0.2, 0.25) is 0 Å². The molecule has 1 unspecified atom stereocenters. The Labute approximate surface area is 101 Å². The Balaban J connectivity index is 2.03. The van der Waals surface area contributed by atoms with Gasteiger partial charge in [-0.25, -0.2) is 0 Å². The molecule has 16 heavy (non-hydrogen) atoms. The van der Waals surface area contributed by atoms with Gasteiger partial charge in [0.05, 0.1) is 0 Å². The zero-order chi connectivity index (χ0) is 11.4. The zero-order valence-corrected chi connectivity index (χ0v) is 10.2. The number of aromatic nitrogens is 2. The van der Waals surface area contributed by atoms with Gasteiger partial charge in [-0.15, -0.1) is 10.2 Å². The first-order valence-corrected chi connectivity index (χ1v) is 6.16. The average molecular weight is 241 g/mol. The molecule has 1 fully saturated rings. The van der Waals surface area contributed by atoms with Gasteiger partial charge >= 0.3 is 0 Å². The van der Waals surface area contributed by atoms with E-state index < -0.39 is 0 Å². The van der Waals surface area contributed by atoms with E-state index in [4.69, 9.17) is 11.6 Å². The molecule has 1 atom stereocenters. The maximum absolute atomic E-state index is 5.93. The Morgan fingerprint density at radius 2 is 2.44 bits per heavy atom. The summed E-state index contributed by atoms with van der Waals surface area (Å²) in [4.78, 5) is 0. The van der Waals surface area contributed by atoms with Crippen LogP contribution in [0.1, 0.15) is 25.3 Å². The standard InChI is InChI=1S/C11H17ClN4/c1-2-8-6-10(15-16-11(8)12)14-9-4-3-5-13-7-9/h6,9,13H,2-5,7H2,1H3,(H,14,15). The molecule has 2 N–H and O–H groups in total. The molecule has 1 saturated heterocycles. The summed E-state index contributed by atoms with van der Waals surface area (Å²) < 4.78 is 0. The molecule has 1 aliphatic rings. The zero-order valence-electron chi connectivity index (χ0n) is 9.46. The molecule has 0 radical (unpaired) electrons. The Kier molecular flexibility index (Phi) is 3.96. The minimum atomic E-state index is 0.453. The number of hydrogen-bond donors (Lipinski definition) is 2. The van der Waals surface area contributed by atoms with Crippen LogP contribution in [0.5, 0.6) is 0 Å². The Morgan fingerprint density at radius 1 is 1.56 bits per heavy atom. The molecule has 0 aliphatic carbocycles. The summed E-state index contributed by atoms with van der Waals surface area (Å²) in [7, 11) is 0. The second-order valence-corrected chi connectivity index (χ2v) is 4.44. The smallest absolute Gasteiger partial charge is 0.155 e. The normalized spacial score (nSPS) is 20.8. The molecule has 88 valence electrons. The monoisotopic (exact) mass is 240 g/mol. The average Bonchev–Trinajstić information content (AvgIpc) is 2.33. The highest BCUT2D eigenvalue weighted by atomic mass is 35.5. The summed E-state index contributed by atoms with van der Waals surface area (Å²) in [5.74, 6) is 0.829. The molecule has 5 heteroatoms. The molecule has 0 bridgehead atoms. The van der Waals surface area contributed by atoms with E-state index >= 15 is 0 Å². The maximum atomic E-state index is 5.93. The number of aryl methyl sites for hydroxylation is 1. The van der Waals surface area contributed by atoms with Crippen LogP contribution >= 0.6 is 11.6 Å². The summed E-state index contributed by atoms with van der Waals surface area (Å²) in [6.45, 7) is 4.17. The Hall–Kier alpha value is -0.870. The van der Waals surface area contributed by atoms with Gasteiger partial charge in [-0.1, -0.05) is 18.5 Å². The fraction of sp³-hybridized carbons (Fsp3) is 0.636. The van der Waals surface area contributed by atoms with E-state index in [9.17, 15) is 0 Å². The first-order chi connectivity index (χ1) is 7.79. The van der Waals surface area contributed by atoms with Crippen LogP contribution in [0, 0.1) is 0 Å². The molecule has 0 saturated carbocycles. The first kappa shape index (κ1) is 11.6. The van der Waals surface area contributed by atoms with E-state index in [1.54, 1.807) is 0 Å². The van der Waals surface area contributed by atoms with Crippen LogP contribution in [0.25, 0.3) is 0 Å². The van der Waals surface area contributed by atoms with Gasteiger partial charge in [0, 0.05) is 12.6 Å². The third kappa shape index (κ3) is 2.83. The van der Waals surface area contributed by atoms with Crippen LogP contribution < -0.4 is 10.6 Å². The fourth-order valence-electron chi connectivity index (χ4n) is 1.92. The first-order valence-electron chi connectivity index (χ1n) is 5.79. The van der Waals surface area contributed by atoms with Crippen LogP contribution in [0.3, 0.4) is 0 Å². The van der Waals surface area contributed by atoms with Crippen LogP contribution in [0.2, 0.25) is 5.15 Å². The molecule has 1 aliphatic heterocycles. The molecule has 1 aromatic heterocycles. The number of halogens is 1. The summed E-state index contributed by atoms with van der Waals surface area (Å²) >= 11 is 5.93. The van der Waals surface area contributed by atoms with Crippen molar-refractivity contribution in [3.05, 3.63) is 16.8 Å². The van der Waals surface area contributed by atoms with Gasteiger partial charge in [0.15, 0.2) is 5.15 Å². The van der Waals surface area contributed by atoms with Crippen molar-refractivity contribution in [2.75, 3.05) is 18.4 Å². The van der Waals surface area contributed by atoms with Gasteiger partial charge in [-0.3, -0.25) is 0 Å². The molecule has 0 aromatic carbocycles. The predicted molar refractivity (Wildman–Crippen MR) is 65.9 cm³/mol. The number of nitrogens with zero attached hydrogens (tertiary/aromatic N) is 2. The highest BCUT2D eigenvalue weighted by Gasteiger charge is 2.13. The van der Waals surface area contributed by atoms with Gasteiger partial charge < -0.3 is 10.6 Å². The van der Waals surface area contributed by atoms with Crippen LogP contribution in [-0.4, -0.2) is 29.3 Å². The van der Waals surface area contributed by atoms with Gasteiger partial charge in [-0.2, -0.15) is 0 Å². The number of anilines is 1. The molecule has 1 aromatic rings. The molecular formula is C11H17ClN4. The lowest BCUT2D eigenvalue weighted by molar-refractivity contribution is 0.478. The van der Waals surface area contributed by atoms with Crippen molar-refractivity contribution in [1.29, 1.82) is 0 Å². The highest BCUT2D eigenvalue weighted by Crippen LogP contribution is 2.17. The number of rotatable bonds is 3. The lowest BCUT2D eigenvalue weighted by Gasteiger charge is -2.24. The molecule has 0 amide bonds. The van der Waals surface area contributed by atoms with E-state index in [0.717, 1.165) is 30.9 Å². The van der Waals surface area contributed by atoms with Gasteiger partial charge in [0.25, 0.3) is 0 Å². The van der Waals surface area contributed by atoms with E-state index in [0.29, 0.717) is 11.2 Å². The minimum absolute atomic E-state index is 0.453. The van der Waals surface area contributed by atoms with E-state index in [1.165, 1.54) is 12.8 Å². The number of hydrogen-bond acceptors (Lipinski definition) is 4. The summed E-state index contributed by atoms with van der Waals surface area (Å²) in [5.41, 5.74) is 1.04. The molecule has 2 rings (SSSR count). The van der Waals surface area contributed by atoms with Crippen molar-refractivity contribution < 1.29 is 0 Å². The van der Waals surface area contributed by atoms with Crippen molar-refractivity contribution in [2.24, 2.45) is 0 Å². The van der Waals surface area contributed by atoms with Crippen molar-refractivity contribution in [1.82, 2.24) is 15.5 Å². The Bertz CT molecular complexity index is 350. The quantitative estimate of drug-likeness (QED) is 0.847. The predicted octanol–water partition coefficient (Wildman–Crippen LogP) is 1.86. The molecule has 2 heterocycles. The van der Waals surface area contributed by atoms with Gasteiger partial charge in [0.1, 0.15) is 5.82 Å². The summed E-state index contributed by atoms with van der Waals surface area (Å²) in [5, 5.41) is 15.3. The second kappa shape index (κ2) is 5.46. The maximum Gasteiger partial charge on any atom is 0.155 e. The molecular weight excluding hydrogens is 224 g/mol. The minimum Gasteiger partial charge on any atom is -0.365 e. The molecule has 4 nitrogen and oxygen atoms in total. The van der Waals surface area contributed by atoms with E-state index in [-0.39, 0.29) is 0 Å². The SMILES string of the molecule is CCc1cc(NC2CCCNC2)nnc1Cl. The van der Waals surface area contributed by atoms with E-state index in [1.807, 2.05) is 6.07 Å². The topological polar surface area (TPSA) is 49.8 Å². The van der Waals surface area contributed by atoms with Gasteiger partial charge in [-0.05, 0) is 37.4 Å². The summed E-state index contributed by atoms with van der Waals surface area (Å²) in [6, 6.07) is 2.44. The lowest BCUT2D eigenvalue weighted by atomic mass is 10.1. The second-order valence-electron chi connectivity index (χ2n) is 4.09. The molecule has 0 spiro atoms. The third-order valence-electron chi connectivity index (χ3n) is 2.85. The van der Waals surface area contributed by atoms with Crippen molar-refractivity contribution in [2.45, 2.75) is 32.2 Å². The number of piperidine rings is 1. The largest absolute Gasteiger partial charge is 0.365 e. The highest BCUT2D eigenvalue weighted by molar-refractivity contribution is 6.30. The lowest BCUT2D eigenvalue weighted by Crippen LogP contribution is -2.38. The third-order valence-corrected chi connectivity index (χ3v) is 3.17. The summed E-state index contributed by atoms with van der Waals surface area (Å²) in [6.07, 6.45) is 3.27. The number of nitrogens with one attached hydrogen (secondary N) is 2. The van der Waals surface area contributed by atoms with Crippen LogP contribution in [-0.2, 0) is 6.42 Å². The fourth-order valence-corrected chi connectivity index (χ4v) is 2.14. The van der Waals surface area contributed by atoms with Crippen LogP contribution in [0.15, 0.2) is 6.07 Å². The Morgan fingerprint density at radius 3 is 3.12 bits per heavy atom. The van der Waals surface area contributed by atoms with Crippen LogP contribution in [0.4, 0.5) is 5.82 Å².